The minimum Gasteiger partial charge on any atom is -0.399 e. The number of nitrogens with zero attached hydrogens (tertiary/aromatic N) is 2. The number of amides is 1. The van der Waals surface area contributed by atoms with Crippen molar-refractivity contribution in [3.05, 3.63) is 24.3 Å². The number of hydrogen-bond acceptors (Lipinski definition) is 4. The Bertz CT molecular complexity index is 469. The van der Waals surface area contributed by atoms with E-state index in [1.165, 1.54) is 12.8 Å². The van der Waals surface area contributed by atoms with Gasteiger partial charge >= 0.3 is 0 Å². The van der Waals surface area contributed by atoms with E-state index in [4.69, 9.17) is 5.73 Å². The largest absolute Gasteiger partial charge is 0.399 e. The molecule has 1 saturated heterocycles. The fourth-order valence-corrected chi connectivity index (χ4v) is 2.81. The molecule has 2 rings (SSSR count). The van der Waals surface area contributed by atoms with Crippen LogP contribution in [0.4, 0.5) is 11.4 Å². The zero-order chi connectivity index (χ0) is 15.2. The molecule has 1 aromatic carbocycles. The third-order valence-corrected chi connectivity index (χ3v) is 3.99. The maximum absolute atomic E-state index is 12.0. The Labute approximate surface area is 127 Å². The first-order valence-electron chi connectivity index (χ1n) is 7.55. The predicted octanol–water partition coefficient (Wildman–Crippen LogP) is 1.48. The number of likely N-dealkylation sites (N-methyl/N-ethyl adjacent to an activating group) is 1. The van der Waals surface area contributed by atoms with Gasteiger partial charge in [-0.25, -0.2) is 0 Å². The lowest BCUT2D eigenvalue weighted by molar-refractivity contribution is -0.117. The van der Waals surface area contributed by atoms with Crippen molar-refractivity contribution in [2.45, 2.75) is 12.8 Å². The summed E-state index contributed by atoms with van der Waals surface area (Å²) in [5.41, 5.74) is 7.12. The molecular weight excluding hydrogens is 264 g/mol. The van der Waals surface area contributed by atoms with Crippen molar-refractivity contribution in [1.29, 1.82) is 0 Å². The van der Waals surface area contributed by atoms with Crippen molar-refractivity contribution in [2.24, 2.45) is 5.92 Å². The number of nitrogens with two attached hydrogens (primary N) is 1. The standard InChI is InChI=1S/C16H26N4O/c1-19-8-6-13(7-9-19)11-20(2)12-16(21)18-15-5-3-4-14(17)10-15/h3-5,10,13H,6-9,11-12,17H2,1-2H3,(H,18,21). The molecule has 0 atom stereocenters. The molecule has 1 aromatic rings. The number of anilines is 2. The minimum absolute atomic E-state index is 0.0102. The first kappa shape index (κ1) is 15.8. The van der Waals surface area contributed by atoms with E-state index >= 15 is 0 Å². The van der Waals surface area contributed by atoms with Crippen molar-refractivity contribution in [3.63, 3.8) is 0 Å². The van der Waals surface area contributed by atoms with E-state index in [0.29, 0.717) is 18.2 Å². The summed E-state index contributed by atoms with van der Waals surface area (Å²) >= 11 is 0. The number of likely N-dealkylation sites (tertiary alicyclic amines) is 1. The fourth-order valence-electron chi connectivity index (χ4n) is 2.81. The normalized spacial score (nSPS) is 17.1. The van der Waals surface area contributed by atoms with E-state index in [0.717, 1.165) is 25.3 Å². The zero-order valence-corrected chi connectivity index (χ0v) is 13.0. The minimum atomic E-state index is 0.0102. The second-order valence-corrected chi connectivity index (χ2v) is 6.12. The van der Waals surface area contributed by atoms with Gasteiger partial charge in [-0.2, -0.15) is 0 Å². The van der Waals surface area contributed by atoms with Crippen LogP contribution in [0.2, 0.25) is 0 Å². The van der Waals surface area contributed by atoms with E-state index in [9.17, 15) is 4.79 Å². The average molecular weight is 290 g/mol. The fraction of sp³-hybridized carbons (Fsp3) is 0.562. The van der Waals surface area contributed by atoms with Gasteiger partial charge in [0.05, 0.1) is 6.54 Å². The van der Waals surface area contributed by atoms with Gasteiger partial charge in [0.1, 0.15) is 0 Å². The Kier molecular flexibility index (Phi) is 5.59. The molecule has 0 bridgehead atoms. The molecule has 5 heteroatoms. The maximum atomic E-state index is 12.0. The number of piperidine rings is 1. The van der Waals surface area contributed by atoms with Crippen LogP contribution in [0.5, 0.6) is 0 Å². The predicted molar refractivity (Wildman–Crippen MR) is 87.2 cm³/mol. The molecule has 0 radical (unpaired) electrons. The van der Waals surface area contributed by atoms with E-state index in [1.807, 2.05) is 25.2 Å². The van der Waals surface area contributed by atoms with Gasteiger partial charge in [0, 0.05) is 17.9 Å². The quantitative estimate of drug-likeness (QED) is 0.806. The van der Waals surface area contributed by atoms with Crippen LogP contribution in [0.1, 0.15) is 12.8 Å². The summed E-state index contributed by atoms with van der Waals surface area (Å²) in [5.74, 6) is 0.711. The van der Waals surface area contributed by atoms with Crippen LogP contribution in [0.25, 0.3) is 0 Å². The molecule has 21 heavy (non-hydrogen) atoms. The molecule has 5 nitrogen and oxygen atoms in total. The zero-order valence-electron chi connectivity index (χ0n) is 13.0. The number of hydrogen-bond donors (Lipinski definition) is 2. The number of carbonyl (C=O) groups excluding carboxylic acids is 1. The topological polar surface area (TPSA) is 61.6 Å². The van der Waals surface area contributed by atoms with Crippen molar-refractivity contribution < 1.29 is 4.79 Å². The molecule has 1 aliphatic rings. The van der Waals surface area contributed by atoms with Crippen molar-refractivity contribution in [3.8, 4) is 0 Å². The van der Waals surface area contributed by atoms with Gasteiger partial charge in [-0.1, -0.05) is 6.07 Å². The average Bonchev–Trinajstić information content (AvgIpc) is 2.41. The van der Waals surface area contributed by atoms with Crippen LogP contribution >= 0.6 is 0 Å². The van der Waals surface area contributed by atoms with Gasteiger partial charge in [0.25, 0.3) is 0 Å². The molecule has 1 amide bonds. The summed E-state index contributed by atoms with van der Waals surface area (Å²) in [5, 5.41) is 2.89. The molecule has 0 spiro atoms. The van der Waals surface area contributed by atoms with Crippen molar-refractivity contribution >= 4 is 17.3 Å². The molecule has 1 aliphatic heterocycles. The van der Waals surface area contributed by atoms with E-state index in [-0.39, 0.29) is 5.91 Å². The van der Waals surface area contributed by atoms with Crippen molar-refractivity contribution in [2.75, 3.05) is 51.3 Å². The highest BCUT2D eigenvalue weighted by Crippen LogP contribution is 2.17. The lowest BCUT2D eigenvalue weighted by atomic mass is 9.97. The van der Waals surface area contributed by atoms with Gasteiger partial charge in [-0.05, 0) is 64.1 Å². The van der Waals surface area contributed by atoms with Gasteiger partial charge in [-0.15, -0.1) is 0 Å². The number of benzene rings is 1. The van der Waals surface area contributed by atoms with E-state index < -0.39 is 0 Å². The van der Waals surface area contributed by atoms with Crippen LogP contribution in [0.15, 0.2) is 24.3 Å². The Morgan fingerprint density at radius 1 is 1.43 bits per heavy atom. The third kappa shape index (κ3) is 5.36. The van der Waals surface area contributed by atoms with Crippen LogP contribution in [0.3, 0.4) is 0 Å². The van der Waals surface area contributed by atoms with Gasteiger partial charge in [-0.3, -0.25) is 9.69 Å². The second-order valence-electron chi connectivity index (χ2n) is 6.12. The lowest BCUT2D eigenvalue weighted by Gasteiger charge is -2.31. The lowest BCUT2D eigenvalue weighted by Crippen LogP contribution is -2.38. The molecule has 1 heterocycles. The highest BCUT2D eigenvalue weighted by Gasteiger charge is 2.19. The Balaban J connectivity index is 1.74. The summed E-state index contributed by atoms with van der Waals surface area (Å²) in [4.78, 5) is 16.5. The Hall–Kier alpha value is -1.59. The summed E-state index contributed by atoms with van der Waals surface area (Å²) in [6.07, 6.45) is 2.44. The number of nitrogens with one attached hydrogen (secondary N) is 1. The molecular formula is C16H26N4O. The molecule has 0 unspecified atom stereocenters. The monoisotopic (exact) mass is 290 g/mol. The van der Waals surface area contributed by atoms with Crippen LogP contribution in [-0.4, -0.2) is 56.0 Å². The van der Waals surface area contributed by atoms with Crippen LogP contribution < -0.4 is 11.1 Å². The third-order valence-electron chi connectivity index (χ3n) is 3.99. The second kappa shape index (κ2) is 7.43. The molecule has 0 aliphatic carbocycles. The highest BCUT2D eigenvalue weighted by molar-refractivity contribution is 5.92. The van der Waals surface area contributed by atoms with Gasteiger partial charge in [0.15, 0.2) is 0 Å². The van der Waals surface area contributed by atoms with Gasteiger partial charge in [0.2, 0.25) is 5.91 Å². The highest BCUT2D eigenvalue weighted by atomic mass is 16.2. The Morgan fingerprint density at radius 3 is 2.81 bits per heavy atom. The van der Waals surface area contributed by atoms with Crippen LogP contribution in [0, 0.1) is 5.92 Å². The Morgan fingerprint density at radius 2 is 2.14 bits per heavy atom. The first-order valence-corrected chi connectivity index (χ1v) is 7.55. The molecule has 0 aromatic heterocycles. The molecule has 116 valence electrons. The molecule has 0 saturated carbocycles. The summed E-state index contributed by atoms with van der Waals surface area (Å²) in [7, 11) is 4.18. The maximum Gasteiger partial charge on any atom is 0.238 e. The SMILES string of the molecule is CN1CCC(CN(C)CC(=O)Nc2cccc(N)c2)CC1. The number of nitrogen functional groups attached to an aromatic ring is 1. The smallest absolute Gasteiger partial charge is 0.238 e. The van der Waals surface area contributed by atoms with Crippen molar-refractivity contribution in [1.82, 2.24) is 9.80 Å². The molecule has 1 fully saturated rings. The summed E-state index contributed by atoms with van der Waals surface area (Å²) in [6, 6.07) is 7.27. The number of rotatable bonds is 5. The number of carbonyl (C=O) groups is 1. The first-order chi connectivity index (χ1) is 10.0. The molecule has 3 N–H and O–H groups in total. The van der Waals surface area contributed by atoms with E-state index in [2.05, 4.69) is 22.2 Å². The van der Waals surface area contributed by atoms with E-state index in [1.54, 1.807) is 6.07 Å². The summed E-state index contributed by atoms with van der Waals surface area (Å²) in [6.45, 7) is 3.72. The van der Waals surface area contributed by atoms with Gasteiger partial charge < -0.3 is 16.0 Å². The van der Waals surface area contributed by atoms with Crippen LogP contribution in [-0.2, 0) is 4.79 Å². The summed E-state index contributed by atoms with van der Waals surface area (Å²) < 4.78 is 0.